The minimum atomic E-state index is -0.0421. The van der Waals surface area contributed by atoms with Crippen LogP contribution in [-0.2, 0) is 23.9 Å². The van der Waals surface area contributed by atoms with Crippen molar-refractivity contribution in [1.82, 2.24) is 53.2 Å². The zero-order valence-electron chi connectivity index (χ0n) is 46.1. The third-order valence-corrected chi connectivity index (χ3v) is 19.0. The Balaban J connectivity index is -0.000000396. The molecule has 16 N–H and O–H groups in total. The molecule has 1 fully saturated rings. The fourth-order valence-corrected chi connectivity index (χ4v) is 13.3. The van der Waals surface area contributed by atoms with E-state index in [9.17, 15) is 19.2 Å². The lowest BCUT2D eigenvalue weighted by Gasteiger charge is -2.20. The number of rotatable bonds is 36. The maximum atomic E-state index is 11.8. The van der Waals surface area contributed by atoms with Crippen LogP contribution in [0.4, 0.5) is 0 Å². The molecule has 8 unspecified atom stereocenters. The first-order valence-electron chi connectivity index (χ1n) is 24.3. The molecule has 1 aliphatic rings. The second kappa shape index (κ2) is 56.5. The summed E-state index contributed by atoms with van der Waals surface area (Å²) in [5.74, 6) is 0.410. The second-order valence-corrected chi connectivity index (χ2v) is 25.5. The lowest BCUT2D eigenvalue weighted by Crippen LogP contribution is -2.39. The van der Waals surface area contributed by atoms with Crippen molar-refractivity contribution in [2.45, 2.75) is 114 Å². The van der Waals surface area contributed by atoms with Gasteiger partial charge in [0.2, 0.25) is 23.6 Å². The third-order valence-electron chi connectivity index (χ3n) is 9.73. The molecule has 0 aliphatic carbocycles. The monoisotopic (exact) mass is 1160 g/mol. The van der Waals surface area contributed by atoms with Crippen LogP contribution in [0.1, 0.15) is 60.3 Å². The van der Waals surface area contributed by atoms with Crippen molar-refractivity contribution in [1.29, 1.82) is 0 Å². The molecule has 26 heteroatoms. The smallest absolute Gasteiger partial charge is 0.235 e. The van der Waals surface area contributed by atoms with Gasteiger partial charge in [-0.25, -0.2) is 0 Å². The molecule has 0 aromatic carbocycles. The van der Waals surface area contributed by atoms with Gasteiger partial charge >= 0.3 is 0 Å². The third kappa shape index (κ3) is 47.2. The van der Waals surface area contributed by atoms with Gasteiger partial charge in [0.15, 0.2) is 0 Å². The average Bonchev–Trinajstić information content (AvgIpc) is 3.84. The van der Waals surface area contributed by atoms with Gasteiger partial charge in [-0.3, -0.25) is 19.2 Å². The van der Waals surface area contributed by atoms with Crippen LogP contribution in [0.2, 0.25) is 0 Å². The number of nitrogens with one attached hydrogen (secondary N) is 10. The van der Waals surface area contributed by atoms with Crippen molar-refractivity contribution in [2.24, 2.45) is 17.2 Å². The molecule has 8 atom stereocenters. The first kappa shape index (κ1) is 77.8. The van der Waals surface area contributed by atoms with Crippen LogP contribution in [0.25, 0.3) is 0 Å². The van der Waals surface area contributed by atoms with E-state index in [-0.39, 0.29) is 51.3 Å². The summed E-state index contributed by atoms with van der Waals surface area (Å²) in [5, 5.41) is 31.8. The molecule has 1 aliphatic heterocycles. The van der Waals surface area contributed by atoms with E-state index in [4.69, 9.17) is 21.9 Å². The number of amides is 4. The summed E-state index contributed by atoms with van der Waals surface area (Å²) in [5.41, 5.74) is 16.4. The Kier molecular flexibility index (Phi) is 61.9. The summed E-state index contributed by atoms with van der Waals surface area (Å²) >= 11 is 9.99. The van der Waals surface area contributed by atoms with Crippen molar-refractivity contribution < 1.29 is 23.9 Å². The Morgan fingerprint density at radius 1 is 0.577 bits per heavy atom. The number of carbonyl (C=O) groups is 4. The molecule has 0 aromatic heterocycles. The number of thioether (sulfide) groups is 6. The Morgan fingerprint density at radius 3 is 1.38 bits per heavy atom. The van der Waals surface area contributed by atoms with Gasteiger partial charge < -0.3 is 75.1 Å². The van der Waals surface area contributed by atoms with E-state index < -0.39 is 0 Å². The van der Waals surface area contributed by atoms with E-state index in [2.05, 4.69) is 87.1 Å². The number of hydrogen-bond donors (Lipinski definition) is 13. The van der Waals surface area contributed by atoms with Gasteiger partial charge in [0.1, 0.15) is 0 Å². The van der Waals surface area contributed by atoms with E-state index in [0.717, 1.165) is 65.1 Å². The summed E-state index contributed by atoms with van der Waals surface area (Å²) in [7, 11) is 11.0. The Labute approximate surface area is 465 Å². The molecule has 18 nitrogen and oxygen atoms in total. The molecule has 1 saturated heterocycles. The van der Waals surface area contributed by atoms with Crippen molar-refractivity contribution in [3.63, 3.8) is 0 Å². The molecule has 0 radical (unpaired) electrons. The summed E-state index contributed by atoms with van der Waals surface area (Å²) in [6, 6.07) is 1.11. The Hall–Kier alpha value is 0.280. The maximum absolute atomic E-state index is 11.8. The number of carbonyl (C=O) groups excluding carboxylic acids is 4. The van der Waals surface area contributed by atoms with E-state index in [1.165, 1.54) is 0 Å². The molecule has 426 valence electrons. The van der Waals surface area contributed by atoms with Crippen molar-refractivity contribution in [3.05, 3.63) is 0 Å². The largest absolute Gasteiger partial charge is 0.379 e. The van der Waals surface area contributed by atoms with E-state index in [1.807, 2.05) is 88.9 Å². The van der Waals surface area contributed by atoms with Gasteiger partial charge in [-0.05, 0) is 98.3 Å². The van der Waals surface area contributed by atoms with Crippen molar-refractivity contribution in [3.8, 4) is 0 Å². The van der Waals surface area contributed by atoms with Crippen molar-refractivity contribution in [2.75, 3.05) is 145 Å². The Morgan fingerprint density at radius 2 is 1.01 bits per heavy atom. The predicted octanol–water partition coefficient (Wildman–Crippen LogP) is 2.14. The van der Waals surface area contributed by atoms with Crippen LogP contribution < -0.4 is 70.4 Å². The number of ether oxygens (including phenoxy) is 1. The van der Waals surface area contributed by atoms with Gasteiger partial charge in [0.25, 0.3) is 0 Å². The summed E-state index contributed by atoms with van der Waals surface area (Å²) in [6.07, 6.45) is 15.5. The summed E-state index contributed by atoms with van der Waals surface area (Å²) in [6.45, 7) is 19.1. The topological polar surface area (TPSA) is 276 Å². The average molecular weight is 1160 g/mol. The van der Waals surface area contributed by atoms with Gasteiger partial charge in [0.05, 0.1) is 54.2 Å². The fourth-order valence-electron chi connectivity index (χ4n) is 5.70. The number of hydrogen-bond acceptors (Lipinski definition) is 22. The molecule has 0 saturated carbocycles. The van der Waals surface area contributed by atoms with E-state index >= 15 is 0 Å². The zero-order chi connectivity index (χ0) is 54.8. The van der Waals surface area contributed by atoms with Crippen molar-refractivity contribution >= 4 is 116 Å². The molecule has 0 bridgehead atoms. The normalized spacial score (nSPS) is 16.5. The van der Waals surface area contributed by atoms with Crippen LogP contribution in [-0.4, -0.2) is 222 Å². The van der Waals surface area contributed by atoms with Crippen LogP contribution in [0, 0.1) is 0 Å². The van der Waals surface area contributed by atoms with Crippen LogP contribution in [0.5, 0.6) is 0 Å². The minimum absolute atomic E-state index is 0.00694. The highest BCUT2D eigenvalue weighted by molar-refractivity contribution is 8.77. The maximum Gasteiger partial charge on any atom is 0.235 e. The number of nitrogens with two attached hydrogens (primary N) is 3. The molecule has 0 aromatic rings. The summed E-state index contributed by atoms with van der Waals surface area (Å²) in [4.78, 5) is 46.4. The van der Waals surface area contributed by atoms with Gasteiger partial charge in [-0.1, -0.05) is 49.3 Å². The molecule has 0 spiro atoms. The summed E-state index contributed by atoms with van der Waals surface area (Å²) < 4.78 is 5.41. The zero-order valence-corrected chi connectivity index (χ0v) is 52.7. The molecule has 1 rings (SSSR count). The van der Waals surface area contributed by atoms with Crippen LogP contribution in [0.3, 0.4) is 0 Å². The molecular weight excluding hydrogens is 1060 g/mol. The highest BCUT2D eigenvalue weighted by atomic mass is 33.1. The molecule has 4 amide bonds. The van der Waals surface area contributed by atoms with E-state index in [0.29, 0.717) is 66.1 Å². The first-order valence-corrected chi connectivity index (χ1v) is 34.3. The first-order chi connectivity index (χ1) is 34.0. The quantitative estimate of drug-likeness (QED) is 0.0243. The van der Waals surface area contributed by atoms with Gasteiger partial charge in [-0.2, -0.15) is 70.6 Å². The molecule has 71 heavy (non-hydrogen) atoms. The predicted molar refractivity (Wildman–Crippen MR) is 328 cm³/mol. The lowest BCUT2D eigenvalue weighted by atomic mass is 10.2. The lowest BCUT2D eigenvalue weighted by molar-refractivity contribution is -0.121. The van der Waals surface area contributed by atoms with Gasteiger partial charge in [0, 0.05) is 78.9 Å². The van der Waals surface area contributed by atoms with E-state index in [1.54, 1.807) is 69.6 Å². The standard InChI is InChI=1S/C10H23N3OS2.C10H24N2O.C9H20N2OS2.C8H17N3OS2.C8H19N3OS2/c1-11-6-8(15-3)5-9(16-4)10(14)13-7-12-2;1-9(2)11-5-7-13-8-6-12-10(3)4;1-4-11-9(12)8(14-3)5-7(6-10)13-2;1-9-4-6-3-7(14-13-6)8(12)11-5-10-2;1-13-6(4-9)3-7(14-2)8(12)11-5-10/h8-9,11-12H,5-7H2,1-4H3,(H,13,14);9-12H,5-8H2,1-4H3;7-8H,4-6,10H2,1-3H3,(H,11,12);6-7,9-10H,3-5H2,1-2H3,(H,11,12);6-7H,3-5,9-10H2,1-2H3,(H,11,12). The van der Waals surface area contributed by atoms with Crippen LogP contribution >= 0.6 is 92.2 Å². The van der Waals surface area contributed by atoms with Crippen LogP contribution in [0.15, 0.2) is 0 Å². The fraction of sp³-hybridized carbons (Fsp3) is 0.911. The minimum Gasteiger partial charge on any atom is -0.379 e. The molecular formula is C45H103N13O5S8. The second-order valence-electron chi connectivity index (χ2n) is 16.2. The SMILES string of the molecule is CC(C)NCCOCCNC(C)C.CCNC(=O)C(CC(CN)SC)SC.CNCNC(=O)C(CC(CNC)SC)SC.CNCNC(=O)C1CC(CNC)SS1.CSC(CN)CC(SC)C(=O)NCN. The van der Waals surface area contributed by atoms with Gasteiger partial charge in [-0.15, -0.1) is 0 Å². The molecule has 1 heterocycles. The Bertz CT molecular complexity index is 1180. The highest BCUT2D eigenvalue weighted by Crippen LogP contribution is 2.43. The highest BCUT2D eigenvalue weighted by Gasteiger charge is 2.31.